The minimum absolute atomic E-state index is 0.0663. The lowest BCUT2D eigenvalue weighted by Gasteiger charge is -2.25. The van der Waals surface area contributed by atoms with Crippen LogP contribution < -0.4 is 20.5 Å². The van der Waals surface area contributed by atoms with Gasteiger partial charge in [0.05, 0.1) is 33.2 Å². The van der Waals surface area contributed by atoms with Crippen molar-refractivity contribution in [3.05, 3.63) is 57.9 Å². The van der Waals surface area contributed by atoms with E-state index in [4.69, 9.17) is 14.5 Å². The van der Waals surface area contributed by atoms with E-state index in [2.05, 4.69) is 20.2 Å². The van der Waals surface area contributed by atoms with E-state index in [1.807, 2.05) is 6.07 Å². The van der Waals surface area contributed by atoms with Gasteiger partial charge in [-0.3, -0.25) is 9.69 Å². The van der Waals surface area contributed by atoms with Crippen LogP contribution in [0.25, 0.3) is 44.1 Å². The Bertz CT molecular complexity index is 2580. The first-order valence-electron chi connectivity index (χ1n) is 17.7. The number of fused-ring (bicyclic) bond motifs is 4. The van der Waals surface area contributed by atoms with Crippen LogP contribution in [0.1, 0.15) is 70.3 Å². The number of nitrogens with one attached hydrogen (secondary N) is 2. The van der Waals surface area contributed by atoms with Gasteiger partial charge in [0.1, 0.15) is 39.9 Å². The highest BCUT2D eigenvalue weighted by atomic mass is 19.1. The molecule has 1 aliphatic heterocycles. The number of carbonyl (C=O) groups is 3. The molecule has 1 saturated heterocycles. The fraction of sp³-hybridized carbons (Fsp3) is 0.410. The second-order valence-electron chi connectivity index (χ2n) is 16.3. The Hall–Kier alpha value is -6.24. The van der Waals surface area contributed by atoms with Crippen molar-refractivity contribution in [2.24, 2.45) is 12.5 Å². The third-order valence-electron chi connectivity index (χ3n) is 10.1. The van der Waals surface area contributed by atoms with E-state index in [9.17, 15) is 29.5 Å². The number of aromatic nitrogens is 4. The number of hydrogen-bond acceptors (Lipinski definition) is 10. The predicted molar refractivity (Wildman–Crippen MR) is 203 cm³/mol. The Labute approximate surface area is 314 Å². The fourth-order valence-electron chi connectivity index (χ4n) is 7.51. The Morgan fingerprint density at radius 1 is 1.11 bits per heavy atom. The van der Waals surface area contributed by atoms with Crippen LogP contribution in [0.5, 0.6) is 0 Å². The Morgan fingerprint density at radius 3 is 2.47 bits per heavy atom. The van der Waals surface area contributed by atoms with Crippen LogP contribution in [0.4, 0.5) is 25.4 Å². The number of carbonyl (C=O) groups excluding carboxylic acids is 2. The molecule has 4 aromatic heterocycles. The van der Waals surface area contributed by atoms with Crippen molar-refractivity contribution < 1.29 is 33.4 Å². The van der Waals surface area contributed by atoms with Gasteiger partial charge in [-0.25, -0.2) is 28.7 Å². The van der Waals surface area contributed by atoms with Crippen LogP contribution in [0.3, 0.4) is 0 Å². The van der Waals surface area contributed by atoms with Crippen LogP contribution in [0, 0.1) is 22.6 Å². The number of amides is 2. The molecule has 2 amide bonds. The van der Waals surface area contributed by atoms with E-state index in [1.165, 1.54) is 22.7 Å². The monoisotopic (exact) mass is 752 g/mol. The molecule has 1 aliphatic carbocycles. The first-order valence-corrected chi connectivity index (χ1v) is 17.7. The average molecular weight is 753 g/mol. The number of ether oxygens (including phenoxy) is 2. The molecule has 5 aromatic rings. The molecule has 55 heavy (non-hydrogen) atoms. The number of carboxylic acid groups (broad SMARTS) is 1. The number of H-pyrrole nitrogens is 1. The average Bonchev–Trinajstić information content (AvgIpc) is 3.37. The standard InChI is InChI=1S/C39H41FN8O7/c1-37(2,3)54-35(52)44-26-13-39(26)9-10-48(18-39)30-22(19-11-20-31(49)23(34(50)51)17-46(7)33(20)43-15-19)16-42-32-28(30)27-21(14-41)24(40)12-25(29(27)45-32)47(8)36(53)55-38(4,5)6/h11-12,15-17,26H,9-10,13,18H2,1-8H3,(H,42,45)(H,44,52)(H,50,51)/t26-,39+/m0/s1. The van der Waals surface area contributed by atoms with E-state index in [0.717, 1.165) is 6.07 Å². The molecular weight excluding hydrogens is 711 g/mol. The summed E-state index contributed by atoms with van der Waals surface area (Å²) in [5.74, 6) is -2.24. The minimum Gasteiger partial charge on any atom is -0.477 e. The number of aromatic carboxylic acids is 1. The smallest absolute Gasteiger partial charge is 0.414 e. The molecule has 3 N–H and O–H groups in total. The number of halogens is 1. The molecule has 2 atom stereocenters. The number of nitrogens with zero attached hydrogens (tertiary/aromatic N) is 6. The molecule has 16 heteroatoms. The molecule has 0 bridgehead atoms. The van der Waals surface area contributed by atoms with Gasteiger partial charge in [-0.2, -0.15) is 5.26 Å². The van der Waals surface area contributed by atoms with Gasteiger partial charge in [-0.15, -0.1) is 0 Å². The topological polar surface area (TPSA) is 196 Å². The normalized spacial score (nSPS) is 18.2. The molecule has 1 aromatic carbocycles. The highest BCUT2D eigenvalue weighted by Gasteiger charge is 2.59. The van der Waals surface area contributed by atoms with Gasteiger partial charge in [-0.1, -0.05) is 0 Å². The number of nitriles is 1. The summed E-state index contributed by atoms with van der Waals surface area (Å²) in [4.78, 5) is 67.1. The third-order valence-corrected chi connectivity index (χ3v) is 10.1. The lowest BCUT2D eigenvalue weighted by atomic mass is 9.99. The Balaban J connectivity index is 1.45. The number of carboxylic acids is 1. The maximum Gasteiger partial charge on any atom is 0.414 e. The predicted octanol–water partition coefficient (Wildman–Crippen LogP) is 6.20. The lowest BCUT2D eigenvalue weighted by Crippen LogP contribution is -2.36. The molecule has 0 unspecified atom stereocenters. The summed E-state index contributed by atoms with van der Waals surface area (Å²) in [6.07, 6.45) is 4.46. The van der Waals surface area contributed by atoms with Gasteiger partial charge in [0.2, 0.25) is 5.43 Å². The molecule has 2 fully saturated rings. The van der Waals surface area contributed by atoms with Gasteiger partial charge >= 0.3 is 18.2 Å². The summed E-state index contributed by atoms with van der Waals surface area (Å²) in [6, 6.07) is 4.50. The maximum absolute atomic E-state index is 16.1. The lowest BCUT2D eigenvalue weighted by molar-refractivity contribution is 0.0514. The van der Waals surface area contributed by atoms with E-state index in [0.29, 0.717) is 53.8 Å². The van der Waals surface area contributed by atoms with E-state index >= 15 is 4.39 Å². The second-order valence-corrected chi connectivity index (χ2v) is 16.3. The highest BCUT2D eigenvalue weighted by molar-refractivity contribution is 6.20. The maximum atomic E-state index is 16.1. The van der Waals surface area contributed by atoms with Crippen molar-refractivity contribution in [3.8, 4) is 17.2 Å². The van der Waals surface area contributed by atoms with Crippen molar-refractivity contribution in [2.75, 3.05) is 29.9 Å². The molecule has 1 saturated carbocycles. The van der Waals surface area contributed by atoms with Gasteiger partial charge in [-0.05, 0) is 60.5 Å². The SMILES string of the molecule is CN(C(=O)OC(C)(C)C)c1cc(F)c(C#N)c2c1[nH]c1ncc(-c3cnc4c(c3)c(=O)c(C(=O)O)cn4C)c(N3CC[C@@]4(C[C@@H]4NC(=O)OC(C)(C)C)C3)c12. The largest absolute Gasteiger partial charge is 0.477 e. The van der Waals surface area contributed by atoms with Gasteiger partial charge in [0.25, 0.3) is 0 Å². The Morgan fingerprint density at radius 2 is 1.82 bits per heavy atom. The van der Waals surface area contributed by atoms with Crippen LogP contribution in [-0.2, 0) is 16.5 Å². The van der Waals surface area contributed by atoms with Crippen molar-refractivity contribution in [1.29, 1.82) is 5.26 Å². The summed E-state index contributed by atoms with van der Waals surface area (Å²) in [7, 11) is 3.04. The highest BCUT2D eigenvalue weighted by Crippen LogP contribution is 2.56. The van der Waals surface area contributed by atoms with Crippen LogP contribution in [-0.4, -0.2) is 80.2 Å². The van der Waals surface area contributed by atoms with E-state index in [-0.39, 0.29) is 44.6 Å². The molecule has 7 rings (SSSR count). The van der Waals surface area contributed by atoms with Crippen LogP contribution in [0.2, 0.25) is 0 Å². The van der Waals surface area contributed by atoms with Crippen LogP contribution in [0.15, 0.2) is 35.5 Å². The van der Waals surface area contributed by atoms with Crippen molar-refractivity contribution in [2.45, 2.75) is 71.6 Å². The molecule has 15 nitrogen and oxygen atoms in total. The van der Waals surface area contributed by atoms with Gasteiger partial charge in [0, 0.05) is 79.8 Å². The van der Waals surface area contributed by atoms with Crippen molar-refractivity contribution in [1.82, 2.24) is 24.8 Å². The van der Waals surface area contributed by atoms with E-state index in [1.54, 1.807) is 67.1 Å². The number of alkyl carbamates (subject to hydrolysis) is 1. The number of aromatic amines is 1. The number of aryl methyl sites for hydroxylation is 1. The van der Waals surface area contributed by atoms with Crippen molar-refractivity contribution in [3.63, 3.8) is 0 Å². The first-order chi connectivity index (χ1) is 25.7. The number of pyridine rings is 3. The van der Waals surface area contributed by atoms with E-state index < -0.39 is 46.2 Å². The molecule has 286 valence electrons. The zero-order valence-electron chi connectivity index (χ0n) is 31.8. The Kier molecular flexibility index (Phi) is 8.55. The summed E-state index contributed by atoms with van der Waals surface area (Å²) in [5, 5.41) is 23.8. The number of hydrogen-bond donors (Lipinski definition) is 3. The zero-order chi connectivity index (χ0) is 39.9. The molecular formula is C39H41FN8O7. The van der Waals surface area contributed by atoms with Crippen LogP contribution >= 0.6 is 0 Å². The number of rotatable bonds is 5. The number of benzene rings is 1. The first kappa shape index (κ1) is 37.1. The van der Waals surface area contributed by atoms with Gasteiger partial charge in [0.15, 0.2) is 0 Å². The number of anilines is 2. The summed E-state index contributed by atoms with van der Waals surface area (Å²) < 4.78 is 28.6. The fourth-order valence-corrected chi connectivity index (χ4v) is 7.51. The van der Waals surface area contributed by atoms with Gasteiger partial charge < -0.3 is 34.3 Å². The molecule has 5 heterocycles. The molecule has 2 aliphatic rings. The summed E-state index contributed by atoms with van der Waals surface area (Å²) >= 11 is 0. The second kappa shape index (κ2) is 12.7. The summed E-state index contributed by atoms with van der Waals surface area (Å²) in [5.41, 5.74) is -0.831. The third kappa shape index (κ3) is 6.53. The quantitative estimate of drug-likeness (QED) is 0.185. The molecule has 1 spiro atoms. The zero-order valence-corrected chi connectivity index (χ0v) is 31.8. The van der Waals surface area contributed by atoms with Crippen molar-refractivity contribution >= 4 is 62.5 Å². The molecule has 0 radical (unpaired) electrons. The minimum atomic E-state index is -1.38. The summed E-state index contributed by atoms with van der Waals surface area (Å²) in [6.45, 7) is 11.5.